The van der Waals surface area contributed by atoms with Gasteiger partial charge in [-0.25, -0.2) is 4.39 Å². The number of halogens is 1. The van der Waals surface area contributed by atoms with Gasteiger partial charge >= 0.3 is 6.01 Å². The van der Waals surface area contributed by atoms with Crippen molar-refractivity contribution < 1.29 is 13.9 Å². The van der Waals surface area contributed by atoms with Crippen molar-refractivity contribution in [2.24, 2.45) is 11.3 Å². The summed E-state index contributed by atoms with van der Waals surface area (Å²) in [5.41, 5.74) is 4.52. The van der Waals surface area contributed by atoms with Crippen molar-refractivity contribution in [3.63, 3.8) is 0 Å². The summed E-state index contributed by atoms with van der Waals surface area (Å²) in [6.07, 6.45) is 8.46. The summed E-state index contributed by atoms with van der Waals surface area (Å²) in [6, 6.07) is 12.1. The predicted octanol–water partition coefficient (Wildman–Crippen LogP) is 5.47. The summed E-state index contributed by atoms with van der Waals surface area (Å²) in [6.45, 7) is 8.74. The van der Waals surface area contributed by atoms with Crippen LogP contribution in [0.15, 0.2) is 43.0 Å². The fourth-order valence-corrected chi connectivity index (χ4v) is 8.11. The number of fused-ring (bicyclic) bond motifs is 4. The van der Waals surface area contributed by atoms with E-state index in [4.69, 9.17) is 14.7 Å². The van der Waals surface area contributed by atoms with Gasteiger partial charge in [0, 0.05) is 42.5 Å². The number of aromatic nitrogens is 2. The molecule has 45 heavy (non-hydrogen) atoms. The molecule has 3 aromatic rings. The summed E-state index contributed by atoms with van der Waals surface area (Å²) < 4.78 is 23.1. The van der Waals surface area contributed by atoms with Gasteiger partial charge in [0.1, 0.15) is 11.3 Å². The van der Waals surface area contributed by atoms with Crippen molar-refractivity contribution in [3.05, 3.63) is 59.9 Å². The minimum Gasteiger partial charge on any atom is -0.463 e. The van der Waals surface area contributed by atoms with Crippen LogP contribution in [-0.4, -0.2) is 77.6 Å². The fourth-order valence-electron chi connectivity index (χ4n) is 8.11. The van der Waals surface area contributed by atoms with Gasteiger partial charge in [0.05, 0.1) is 25.1 Å². The number of nitriles is 1. The van der Waals surface area contributed by atoms with Crippen molar-refractivity contribution in [1.82, 2.24) is 19.8 Å². The van der Waals surface area contributed by atoms with Crippen LogP contribution < -0.4 is 9.64 Å². The van der Waals surface area contributed by atoms with Crippen LogP contribution in [0.1, 0.15) is 55.6 Å². The number of piperazine rings is 1. The molecule has 1 amide bonds. The Labute approximate surface area is 263 Å². The van der Waals surface area contributed by atoms with Crippen LogP contribution in [-0.2, 0) is 11.2 Å². The molecule has 0 bridgehead atoms. The molecule has 232 valence electrons. The smallest absolute Gasteiger partial charge is 0.319 e. The molecule has 9 heteroatoms. The first kappa shape index (κ1) is 28.4. The number of carbonyl (C=O) groups excluding carboxylic acids is 1. The lowest BCUT2D eigenvalue weighted by Gasteiger charge is -2.41. The number of likely N-dealkylation sites (tertiary alicyclic amines) is 1. The summed E-state index contributed by atoms with van der Waals surface area (Å²) in [5, 5.41) is 10.2. The van der Waals surface area contributed by atoms with Crippen molar-refractivity contribution >= 4 is 22.6 Å². The minimum atomic E-state index is -0.356. The average molecular weight is 607 g/mol. The van der Waals surface area contributed by atoms with Crippen molar-refractivity contribution in [3.8, 4) is 23.2 Å². The lowest BCUT2D eigenvalue weighted by Crippen LogP contribution is -2.55. The Kier molecular flexibility index (Phi) is 7.01. The topological polar surface area (TPSA) is 85.6 Å². The van der Waals surface area contributed by atoms with Crippen LogP contribution in [0.4, 0.5) is 10.2 Å². The lowest BCUT2D eigenvalue weighted by molar-refractivity contribution is -0.128. The zero-order valence-electron chi connectivity index (χ0n) is 25.7. The molecule has 3 atom stereocenters. The van der Waals surface area contributed by atoms with Crippen LogP contribution in [0.5, 0.6) is 6.01 Å². The van der Waals surface area contributed by atoms with E-state index in [2.05, 4.69) is 28.5 Å². The van der Waals surface area contributed by atoms with Gasteiger partial charge < -0.3 is 19.4 Å². The minimum absolute atomic E-state index is 0.100. The number of amides is 1. The van der Waals surface area contributed by atoms with E-state index in [1.54, 1.807) is 4.90 Å². The molecule has 3 aliphatic carbocycles. The Morgan fingerprint density at radius 2 is 1.98 bits per heavy atom. The van der Waals surface area contributed by atoms with Crippen LogP contribution in [0.3, 0.4) is 0 Å². The van der Waals surface area contributed by atoms with Crippen LogP contribution in [0, 0.1) is 28.5 Å². The fraction of sp³-hybridized carbons (Fsp3) is 0.500. The highest BCUT2D eigenvalue weighted by atomic mass is 19.1. The maximum atomic E-state index is 16.8. The summed E-state index contributed by atoms with van der Waals surface area (Å²) in [5.74, 6) is 1.26. The van der Waals surface area contributed by atoms with Crippen LogP contribution >= 0.6 is 0 Å². The lowest BCUT2D eigenvalue weighted by atomic mass is 9.93. The quantitative estimate of drug-likeness (QED) is 0.299. The van der Waals surface area contributed by atoms with E-state index in [0.29, 0.717) is 54.8 Å². The molecule has 0 radical (unpaired) electrons. The molecule has 0 unspecified atom stereocenters. The van der Waals surface area contributed by atoms with Gasteiger partial charge in [0.15, 0.2) is 5.82 Å². The molecule has 4 fully saturated rings. The second-order valence-corrected chi connectivity index (χ2v) is 13.8. The van der Waals surface area contributed by atoms with Crippen LogP contribution in [0.2, 0.25) is 0 Å². The second-order valence-electron chi connectivity index (χ2n) is 13.8. The molecule has 2 saturated carbocycles. The van der Waals surface area contributed by atoms with E-state index in [9.17, 15) is 10.1 Å². The summed E-state index contributed by atoms with van der Waals surface area (Å²) >= 11 is 0. The summed E-state index contributed by atoms with van der Waals surface area (Å²) in [4.78, 5) is 28.5. The number of nitrogens with zero attached hydrogens (tertiary/aromatic N) is 6. The van der Waals surface area contributed by atoms with E-state index in [1.807, 2.05) is 24.3 Å². The molecule has 2 saturated heterocycles. The number of hydrogen-bond donors (Lipinski definition) is 0. The third kappa shape index (κ3) is 5.13. The predicted molar refractivity (Wildman–Crippen MR) is 170 cm³/mol. The molecular weight excluding hydrogens is 567 g/mol. The molecule has 3 heterocycles. The number of ether oxygens (including phenoxy) is 1. The largest absolute Gasteiger partial charge is 0.463 e. The van der Waals surface area contributed by atoms with Gasteiger partial charge in [-0.1, -0.05) is 30.8 Å². The first-order chi connectivity index (χ1) is 22.0. The Bertz CT molecular complexity index is 1720. The first-order valence-electron chi connectivity index (χ1n) is 16.5. The molecule has 5 aliphatic rings. The van der Waals surface area contributed by atoms with Crippen molar-refractivity contribution in [1.29, 1.82) is 5.26 Å². The average Bonchev–Trinajstić information content (AvgIpc) is 3.90. The Balaban J connectivity index is 1.17. The van der Waals surface area contributed by atoms with E-state index >= 15 is 4.39 Å². The molecule has 2 aliphatic heterocycles. The Morgan fingerprint density at radius 3 is 2.76 bits per heavy atom. The monoisotopic (exact) mass is 606 g/mol. The highest BCUT2D eigenvalue weighted by molar-refractivity contribution is 5.94. The van der Waals surface area contributed by atoms with E-state index < -0.39 is 0 Å². The third-order valence-corrected chi connectivity index (χ3v) is 10.8. The van der Waals surface area contributed by atoms with Crippen LogP contribution in [0.25, 0.3) is 22.0 Å². The molecule has 0 N–H and O–H groups in total. The van der Waals surface area contributed by atoms with E-state index in [-0.39, 0.29) is 41.1 Å². The highest BCUT2D eigenvalue weighted by Crippen LogP contribution is 2.59. The standard InChI is InChI=1S/C36H39FN6O2/c1-2-30(44)43-17-16-42(20-25(43)10-13-38)34-28-9-8-27(26-7-5-6-23-18-24-19-29(24)31(23)26)32(37)33(28)39-35(40-34)45-22-36(11-12-36)21-41-14-3-4-15-41/h2,5-9,24-25,29H,1,3-4,10-12,14-22H2/t24-,25-,29+/m0/s1. The van der Waals surface area contributed by atoms with Gasteiger partial charge in [-0.05, 0) is 92.3 Å². The molecule has 8 rings (SSSR count). The number of anilines is 1. The van der Waals surface area contributed by atoms with E-state index in [1.165, 1.54) is 36.5 Å². The zero-order valence-corrected chi connectivity index (χ0v) is 25.7. The molecule has 0 spiro atoms. The van der Waals surface area contributed by atoms with Gasteiger partial charge in [-0.3, -0.25) is 4.79 Å². The third-order valence-electron chi connectivity index (χ3n) is 10.8. The number of rotatable bonds is 9. The maximum Gasteiger partial charge on any atom is 0.319 e. The number of benzene rings is 2. The molecule has 8 nitrogen and oxygen atoms in total. The Morgan fingerprint density at radius 1 is 1.13 bits per heavy atom. The van der Waals surface area contributed by atoms with Gasteiger partial charge in [-0.2, -0.15) is 15.2 Å². The second kappa shape index (κ2) is 11.1. The Hall–Kier alpha value is -4.03. The molecule has 2 aromatic carbocycles. The summed E-state index contributed by atoms with van der Waals surface area (Å²) in [7, 11) is 0. The first-order valence-corrected chi connectivity index (χ1v) is 16.5. The molecular formula is C36H39FN6O2. The van der Waals surface area contributed by atoms with Gasteiger partial charge in [0.25, 0.3) is 0 Å². The SMILES string of the molecule is C=CC(=O)N1CCN(c2nc(OCC3(CN4CCCC4)CC3)nc3c(F)c(-c4cccc5c4[C@@H]4C[C@@H]4C5)ccc23)C[C@@H]1CC#N. The number of hydrogen-bond acceptors (Lipinski definition) is 7. The zero-order chi connectivity index (χ0) is 30.7. The highest BCUT2D eigenvalue weighted by Gasteiger charge is 2.47. The van der Waals surface area contributed by atoms with Crippen molar-refractivity contribution in [2.45, 2.75) is 56.9 Å². The van der Waals surface area contributed by atoms with Crippen molar-refractivity contribution in [2.75, 3.05) is 50.8 Å². The maximum absolute atomic E-state index is 16.8. The van der Waals surface area contributed by atoms with E-state index in [0.717, 1.165) is 44.5 Å². The molecule has 1 aromatic heterocycles. The number of carbonyl (C=O) groups is 1. The normalized spacial score (nSPS) is 24.7. The van der Waals surface area contributed by atoms with Gasteiger partial charge in [-0.15, -0.1) is 0 Å². The van der Waals surface area contributed by atoms with Gasteiger partial charge in [0.2, 0.25) is 5.91 Å².